The monoisotopic (exact) mass is 635 g/mol. The van der Waals surface area contributed by atoms with Gasteiger partial charge in [-0.15, -0.1) is 5.70 Å². The maximum absolute atomic E-state index is 12.7. The number of halogens is 6. The first-order valence-corrected chi connectivity index (χ1v) is 8.23. The summed E-state index contributed by atoms with van der Waals surface area (Å²) in [5.41, 5.74) is 3.83. The standard InChI is InChI=1S/C18H10F6N6O.Pt/c19-17(20,21)13(26)7-9(25)10-3-1-5-15(27-10)31-16-6-2-4-11(28-16)12-8-14(30-29-12)18(22,23)24;/h1-8,25-26H;/q-2;+2/b9-7-,26-13?;. The molecule has 32 heavy (non-hydrogen) atoms. The van der Waals surface area contributed by atoms with Crippen LogP contribution in [-0.2, 0) is 27.2 Å². The first-order valence-electron chi connectivity index (χ1n) is 8.23. The van der Waals surface area contributed by atoms with E-state index < -0.39 is 29.5 Å². The summed E-state index contributed by atoms with van der Waals surface area (Å²) in [5, 5.41) is 13.4. The van der Waals surface area contributed by atoms with Crippen molar-refractivity contribution in [2.75, 3.05) is 0 Å². The molecule has 0 saturated heterocycles. The number of ether oxygens (including phenoxy) is 1. The van der Waals surface area contributed by atoms with E-state index in [1.54, 1.807) is 0 Å². The van der Waals surface area contributed by atoms with E-state index in [2.05, 4.69) is 20.2 Å². The van der Waals surface area contributed by atoms with Gasteiger partial charge in [0.1, 0.15) is 11.4 Å². The number of rotatable bonds is 5. The van der Waals surface area contributed by atoms with Crippen molar-refractivity contribution in [3.63, 3.8) is 0 Å². The van der Waals surface area contributed by atoms with Crippen LogP contribution in [0.15, 0.2) is 48.5 Å². The van der Waals surface area contributed by atoms with Gasteiger partial charge in [-0.05, 0) is 24.3 Å². The fourth-order valence-electron chi connectivity index (χ4n) is 2.20. The molecular weight excluding hydrogens is 625 g/mol. The van der Waals surface area contributed by atoms with Gasteiger partial charge in [0.25, 0.3) is 0 Å². The fraction of sp³-hybridized carbons (Fsp3) is 0.111. The Kier molecular flexibility index (Phi) is 7.45. The van der Waals surface area contributed by atoms with Crippen molar-refractivity contribution in [1.82, 2.24) is 20.2 Å². The molecule has 0 aliphatic heterocycles. The molecule has 170 valence electrons. The van der Waals surface area contributed by atoms with Crippen LogP contribution in [0.5, 0.6) is 11.8 Å². The van der Waals surface area contributed by atoms with Crippen molar-refractivity contribution in [2.24, 2.45) is 0 Å². The van der Waals surface area contributed by atoms with Crippen molar-refractivity contribution < 1.29 is 52.1 Å². The number of nitrogens with one attached hydrogen (secondary N) is 2. The fourth-order valence-corrected chi connectivity index (χ4v) is 2.20. The molecule has 0 saturated carbocycles. The van der Waals surface area contributed by atoms with E-state index in [1.165, 1.54) is 36.4 Å². The van der Waals surface area contributed by atoms with Crippen molar-refractivity contribution in [2.45, 2.75) is 12.4 Å². The first kappa shape index (κ1) is 25.1. The predicted molar refractivity (Wildman–Crippen MR) is 96.2 cm³/mol. The van der Waals surface area contributed by atoms with Crippen molar-refractivity contribution in [1.29, 1.82) is 5.41 Å². The molecule has 0 atom stereocenters. The molecule has 3 aromatic heterocycles. The molecule has 0 bridgehead atoms. The van der Waals surface area contributed by atoms with Crippen LogP contribution in [-0.4, -0.2) is 27.0 Å². The van der Waals surface area contributed by atoms with Crippen LogP contribution in [0.25, 0.3) is 22.8 Å². The minimum absolute atomic E-state index is 0. The maximum Gasteiger partial charge on any atom is 2.00 e. The molecule has 0 unspecified atom stereocenters. The number of hydrogen-bond acceptors (Lipinski definition) is 5. The average Bonchev–Trinajstić information content (AvgIpc) is 3.18. The zero-order valence-electron chi connectivity index (χ0n) is 15.4. The normalized spacial score (nSPS) is 12.2. The molecule has 3 aromatic rings. The Hall–Kier alpha value is -3.21. The summed E-state index contributed by atoms with van der Waals surface area (Å²) in [5.74, 6) is -0.222. The number of pyridine rings is 2. The van der Waals surface area contributed by atoms with Gasteiger partial charge in [-0.1, -0.05) is 17.8 Å². The summed E-state index contributed by atoms with van der Waals surface area (Å²) in [6.07, 6.45) is -9.26. The predicted octanol–water partition coefficient (Wildman–Crippen LogP) is 5.28. The summed E-state index contributed by atoms with van der Waals surface area (Å²) in [6, 6.07) is 8.85. The van der Waals surface area contributed by atoms with E-state index in [0.717, 1.165) is 6.07 Å². The molecule has 0 spiro atoms. The summed E-state index contributed by atoms with van der Waals surface area (Å²) >= 11 is 0. The van der Waals surface area contributed by atoms with Gasteiger partial charge in [0.15, 0.2) is 0 Å². The summed E-state index contributed by atoms with van der Waals surface area (Å²) < 4.78 is 80.8. The van der Waals surface area contributed by atoms with E-state index in [1.807, 2.05) is 0 Å². The third-order valence-corrected chi connectivity index (χ3v) is 3.62. The maximum atomic E-state index is 12.7. The van der Waals surface area contributed by atoms with Gasteiger partial charge >= 0.3 is 33.4 Å². The van der Waals surface area contributed by atoms with E-state index in [4.69, 9.17) is 15.9 Å². The van der Waals surface area contributed by atoms with E-state index in [-0.39, 0.29) is 49.9 Å². The van der Waals surface area contributed by atoms with Gasteiger partial charge in [0.05, 0.1) is 11.4 Å². The molecule has 7 nitrogen and oxygen atoms in total. The minimum Gasteiger partial charge on any atom is -0.697 e. The van der Waals surface area contributed by atoms with Gasteiger partial charge in [-0.3, -0.25) is 5.41 Å². The molecule has 0 fully saturated rings. The van der Waals surface area contributed by atoms with Crippen molar-refractivity contribution in [3.8, 4) is 23.1 Å². The zero-order chi connectivity index (χ0) is 22.8. The molecule has 14 heteroatoms. The van der Waals surface area contributed by atoms with Gasteiger partial charge < -0.3 is 20.7 Å². The van der Waals surface area contributed by atoms with Crippen molar-refractivity contribution >= 4 is 11.4 Å². The third kappa shape index (κ3) is 6.16. The van der Waals surface area contributed by atoms with Crippen LogP contribution < -0.4 is 9.84 Å². The topological polar surface area (TPSA) is 110 Å². The average molecular weight is 635 g/mol. The number of aromatic nitrogens is 4. The SMILES string of the molecule is N=C(/C=C(\[NH-])c1cccc(Oc2cccc(-c3cc(C(F)(F)F)n[n-]3)n2)n1)C(F)(F)F.[Pt+2]. The molecule has 0 aromatic carbocycles. The molecule has 3 heterocycles. The van der Waals surface area contributed by atoms with Crippen LogP contribution in [0.3, 0.4) is 0 Å². The van der Waals surface area contributed by atoms with Gasteiger partial charge in [-0.2, -0.15) is 26.3 Å². The second kappa shape index (κ2) is 9.51. The summed E-state index contributed by atoms with van der Waals surface area (Å²) in [4.78, 5) is 7.90. The van der Waals surface area contributed by atoms with E-state index >= 15 is 0 Å². The number of nitrogens with zero attached hydrogens (tertiary/aromatic N) is 4. The van der Waals surface area contributed by atoms with Gasteiger partial charge in [0.2, 0.25) is 11.8 Å². The molecule has 0 aliphatic rings. The smallest absolute Gasteiger partial charge is 0.697 e. The van der Waals surface area contributed by atoms with Crippen molar-refractivity contribution in [3.05, 3.63) is 65.7 Å². The second-order valence-electron chi connectivity index (χ2n) is 5.91. The number of hydrogen-bond donors (Lipinski definition) is 1. The van der Waals surface area contributed by atoms with Crippen LogP contribution in [0, 0.1) is 5.41 Å². The molecular formula is C18H10F6N6OPt. The molecule has 0 aliphatic carbocycles. The number of alkyl halides is 6. The Labute approximate surface area is 190 Å². The minimum atomic E-state index is -4.90. The second-order valence-corrected chi connectivity index (χ2v) is 5.91. The third-order valence-electron chi connectivity index (χ3n) is 3.62. The number of allylic oxidation sites excluding steroid dienone is 1. The molecule has 0 radical (unpaired) electrons. The Balaban J connectivity index is 0.00000363. The van der Waals surface area contributed by atoms with Gasteiger partial charge in [0, 0.05) is 12.1 Å². The molecule has 3 rings (SSSR count). The first-order chi connectivity index (χ1) is 14.4. The van der Waals surface area contributed by atoms with E-state index in [9.17, 15) is 26.3 Å². The Morgan fingerprint density at radius 2 is 1.62 bits per heavy atom. The van der Waals surface area contributed by atoms with Gasteiger partial charge in [-0.25, -0.2) is 9.97 Å². The molecule has 0 amide bonds. The Bertz CT molecular complexity index is 1140. The summed E-state index contributed by atoms with van der Waals surface area (Å²) in [6.45, 7) is 0. The van der Waals surface area contributed by atoms with Crippen LogP contribution >= 0.6 is 0 Å². The zero-order valence-corrected chi connectivity index (χ0v) is 17.7. The summed E-state index contributed by atoms with van der Waals surface area (Å²) in [7, 11) is 0. The Morgan fingerprint density at radius 3 is 2.22 bits per heavy atom. The quantitative estimate of drug-likeness (QED) is 0.303. The largest absolute Gasteiger partial charge is 2.00 e. The van der Waals surface area contributed by atoms with E-state index in [0.29, 0.717) is 6.08 Å². The van der Waals surface area contributed by atoms with Crippen LogP contribution in [0.2, 0.25) is 0 Å². The van der Waals surface area contributed by atoms with Crippen LogP contribution in [0.1, 0.15) is 11.4 Å². The van der Waals surface area contributed by atoms with Crippen LogP contribution in [0.4, 0.5) is 26.3 Å². The Morgan fingerprint density at radius 1 is 1.00 bits per heavy atom. The molecule has 2 N–H and O–H groups in total.